The van der Waals surface area contributed by atoms with Crippen molar-refractivity contribution in [1.82, 2.24) is 0 Å². The summed E-state index contributed by atoms with van der Waals surface area (Å²) in [5, 5.41) is 0. The van der Waals surface area contributed by atoms with Crippen LogP contribution in [0, 0.1) is 5.92 Å². The van der Waals surface area contributed by atoms with Crippen LogP contribution in [0.3, 0.4) is 0 Å². The molecule has 0 saturated carbocycles. The molecule has 1 aliphatic rings. The molecule has 1 heterocycles. The topological polar surface area (TPSA) is 43.4 Å². The van der Waals surface area contributed by atoms with Crippen LogP contribution < -0.4 is 0 Å². The number of carbonyl (C=O) groups excluding carboxylic acids is 2. The number of carbonyl (C=O) groups is 2. The van der Waals surface area contributed by atoms with E-state index in [-0.39, 0.29) is 11.9 Å². The Labute approximate surface area is 96.9 Å². The van der Waals surface area contributed by atoms with Gasteiger partial charge in [0.15, 0.2) is 0 Å². The van der Waals surface area contributed by atoms with Gasteiger partial charge in [0.25, 0.3) is 0 Å². The fourth-order valence-electron chi connectivity index (χ4n) is 2.05. The Hall–Kier alpha value is -1.12. The number of aldehydes is 1. The fourth-order valence-corrected chi connectivity index (χ4v) is 2.05. The molecule has 0 aliphatic carbocycles. The van der Waals surface area contributed by atoms with Crippen LogP contribution in [0.1, 0.15) is 46.5 Å². The van der Waals surface area contributed by atoms with E-state index >= 15 is 0 Å². The van der Waals surface area contributed by atoms with Crippen LogP contribution in [0.2, 0.25) is 0 Å². The second-order valence-corrected chi connectivity index (χ2v) is 4.34. The van der Waals surface area contributed by atoms with E-state index in [1.54, 1.807) is 0 Å². The molecule has 3 heteroatoms. The first-order chi connectivity index (χ1) is 7.60. The van der Waals surface area contributed by atoms with Crippen molar-refractivity contribution in [1.29, 1.82) is 0 Å². The number of hydrogen-bond donors (Lipinski definition) is 0. The van der Waals surface area contributed by atoms with Gasteiger partial charge in [-0.2, -0.15) is 0 Å². The van der Waals surface area contributed by atoms with E-state index < -0.39 is 5.60 Å². The van der Waals surface area contributed by atoms with Gasteiger partial charge in [-0.25, -0.2) is 4.79 Å². The van der Waals surface area contributed by atoms with Gasteiger partial charge in [-0.1, -0.05) is 20.8 Å². The highest BCUT2D eigenvalue weighted by molar-refractivity contribution is 5.91. The van der Waals surface area contributed by atoms with E-state index in [1.165, 1.54) is 0 Å². The minimum atomic E-state index is -0.538. The molecule has 0 saturated heterocycles. The van der Waals surface area contributed by atoms with Crippen LogP contribution in [0.15, 0.2) is 11.6 Å². The van der Waals surface area contributed by atoms with E-state index in [0.717, 1.165) is 24.7 Å². The van der Waals surface area contributed by atoms with Crippen LogP contribution in [-0.2, 0) is 14.3 Å². The summed E-state index contributed by atoms with van der Waals surface area (Å²) < 4.78 is 5.45. The Morgan fingerprint density at radius 3 is 2.50 bits per heavy atom. The lowest BCUT2D eigenvalue weighted by Crippen LogP contribution is -2.30. The zero-order valence-electron chi connectivity index (χ0n) is 10.3. The number of cyclic esters (lactones) is 1. The van der Waals surface area contributed by atoms with Gasteiger partial charge in [-0.05, 0) is 25.3 Å². The molecule has 0 amide bonds. The Morgan fingerprint density at radius 2 is 2.12 bits per heavy atom. The minimum Gasteiger partial charge on any atom is -0.451 e. The lowest BCUT2D eigenvalue weighted by Gasteiger charge is -2.27. The van der Waals surface area contributed by atoms with Crippen LogP contribution in [0.25, 0.3) is 0 Å². The first kappa shape index (κ1) is 12.9. The van der Waals surface area contributed by atoms with Gasteiger partial charge in [0, 0.05) is 17.9 Å². The van der Waals surface area contributed by atoms with E-state index in [1.807, 2.05) is 26.8 Å². The third-order valence-electron chi connectivity index (χ3n) is 3.30. The van der Waals surface area contributed by atoms with Gasteiger partial charge in [0.1, 0.15) is 11.9 Å². The number of rotatable bonds is 6. The molecule has 16 heavy (non-hydrogen) atoms. The molecular weight excluding hydrogens is 204 g/mol. The van der Waals surface area contributed by atoms with E-state index in [0.29, 0.717) is 12.8 Å². The van der Waals surface area contributed by atoms with Crippen molar-refractivity contribution in [3.05, 3.63) is 11.6 Å². The van der Waals surface area contributed by atoms with Crippen molar-refractivity contribution in [2.45, 2.75) is 52.1 Å². The summed E-state index contributed by atoms with van der Waals surface area (Å²) in [5.41, 5.74) is 0.201. The molecule has 0 aromatic carbocycles. The van der Waals surface area contributed by atoms with Gasteiger partial charge < -0.3 is 9.53 Å². The molecule has 3 nitrogen and oxygen atoms in total. The molecule has 90 valence electrons. The van der Waals surface area contributed by atoms with Crippen molar-refractivity contribution in [3.63, 3.8) is 0 Å². The second kappa shape index (κ2) is 5.28. The zero-order chi connectivity index (χ0) is 12.2. The highest BCUT2D eigenvalue weighted by Crippen LogP contribution is 2.35. The SMILES string of the molecule is CCC1=C[C@@](CC)(C[C@H](C=O)CC)OC1=O. The quantitative estimate of drug-likeness (QED) is 0.514. The molecule has 1 rings (SSSR count). The van der Waals surface area contributed by atoms with Gasteiger partial charge in [0.2, 0.25) is 0 Å². The zero-order valence-corrected chi connectivity index (χ0v) is 10.3. The highest BCUT2D eigenvalue weighted by atomic mass is 16.6. The maximum absolute atomic E-state index is 11.6. The third-order valence-corrected chi connectivity index (χ3v) is 3.30. The minimum absolute atomic E-state index is 0.0276. The van der Waals surface area contributed by atoms with Gasteiger partial charge in [0.05, 0.1) is 0 Å². The molecule has 0 aromatic rings. The number of esters is 1. The smallest absolute Gasteiger partial charge is 0.334 e. The van der Waals surface area contributed by atoms with Crippen LogP contribution in [-0.4, -0.2) is 17.9 Å². The predicted octanol–water partition coefficient (Wildman–Crippen LogP) is 2.64. The molecule has 1 aliphatic heterocycles. The van der Waals surface area contributed by atoms with E-state index in [4.69, 9.17) is 4.74 Å². The molecule has 0 unspecified atom stereocenters. The molecule has 2 atom stereocenters. The molecule has 0 spiro atoms. The van der Waals surface area contributed by atoms with Gasteiger partial charge in [-0.15, -0.1) is 0 Å². The normalized spacial score (nSPS) is 26.2. The average Bonchev–Trinajstić information content (AvgIpc) is 2.63. The lowest BCUT2D eigenvalue weighted by molar-refractivity contribution is -0.148. The van der Waals surface area contributed by atoms with Crippen LogP contribution in [0.5, 0.6) is 0 Å². The number of hydrogen-bond acceptors (Lipinski definition) is 3. The highest BCUT2D eigenvalue weighted by Gasteiger charge is 2.39. The first-order valence-corrected chi connectivity index (χ1v) is 6.01. The van der Waals surface area contributed by atoms with E-state index in [2.05, 4.69) is 0 Å². The lowest BCUT2D eigenvalue weighted by atomic mass is 9.87. The first-order valence-electron chi connectivity index (χ1n) is 6.01. The molecular formula is C13H20O3. The predicted molar refractivity (Wildman–Crippen MR) is 62.0 cm³/mol. The van der Waals surface area contributed by atoms with Crippen LogP contribution in [0.4, 0.5) is 0 Å². The van der Waals surface area contributed by atoms with Crippen molar-refractivity contribution in [2.75, 3.05) is 0 Å². The van der Waals surface area contributed by atoms with Crippen molar-refractivity contribution in [2.24, 2.45) is 5.92 Å². The van der Waals surface area contributed by atoms with E-state index in [9.17, 15) is 9.59 Å². The summed E-state index contributed by atoms with van der Waals surface area (Å²) in [7, 11) is 0. The summed E-state index contributed by atoms with van der Waals surface area (Å²) in [6.45, 7) is 5.90. The Balaban J connectivity index is 2.84. The van der Waals surface area contributed by atoms with Crippen LogP contribution >= 0.6 is 0 Å². The Bertz CT molecular complexity index is 306. The average molecular weight is 224 g/mol. The summed E-state index contributed by atoms with van der Waals surface area (Å²) in [4.78, 5) is 22.4. The van der Waals surface area contributed by atoms with Gasteiger partial charge >= 0.3 is 5.97 Å². The van der Waals surface area contributed by atoms with Crippen molar-refractivity contribution in [3.8, 4) is 0 Å². The standard InChI is InChI=1S/C13H20O3/c1-4-10(9-14)7-13(6-3)8-11(5-2)12(15)16-13/h8-10H,4-7H2,1-3H3/t10-,13-/m1/s1. The molecule has 0 aromatic heterocycles. The Morgan fingerprint density at radius 1 is 1.44 bits per heavy atom. The summed E-state index contributed by atoms with van der Waals surface area (Å²) >= 11 is 0. The van der Waals surface area contributed by atoms with Gasteiger partial charge in [-0.3, -0.25) is 0 Å². The summed E-state index contributed by atoms with van der Waals surface area (Å²) in [6.07, 6.45) is 5.70. The Kier molecular flexibility index (Phi) is 4.27. The largest absolute Gasteiger partial charge is 0.451 e. The molecule has 0 fully saturated rings. The second-order valence-electron chi connectivity index (χ2n) is 4.34. The summed E-state index contributed by atoms with van der Waals surface area (Å²) in [5.74, 6) is -0.245. The van der Waals surface area contributed by atoms with Crippen molar-refractivity contribution >= 4 is 12.3 Å². The van der Waals surface area contributed by atoms with Crippen molar-refractivity contribution < 1.29 is 14.3 Å². The fraction of sp³-hybridized carbons (Fsp3) is 0.692. The number of ether oxygens (including phenoxy) is 1. The third kappa shape index (κ3) is 2.52. The molecule has 0 N–H and O–H groups in total. The summed E-state index contributed by atoms with van der Waals surface area (Å²) in [6, 6.07) is 0. The monoisotopic (exact) mass is 224 g/mol. The maximum atomic E-state index is 11.6. The molecule has 0 radical (unpaired) electrons. The molecule has 0 bridgehead atoms. The maximum Gasteiger partial charge on any atom is 0.334 e.